The van der Waals surface area contributed by atoms with Crippen LogP contribution in [0, 0.1) is 23.7 Å². The summed E-state index contributed by atoms with van der Waals surface area (Å²) < 4.78 is 0. The van der Waals surface area contributed by atoms with Gasteiger partial charge in [-0.15, -0.1) is 6.58 Å². The van der Waals surface area contributed by atoms with Crippen molar-refractivity contribution in [1.82, 2.24) is 35.6 Å². The molecule has 2 aliphatic heterocycles. The van der Waals surface area contributed by atoms with Crippen molar-refractivity contribution in [2.24, 2.45) is 23.7 Å². The molecule has 2 rings (SSSR count). The van der Waals surface area contributed by atoms with Gasteiger partial charge in [-0.3, -0.25) is 33.6 Å². The average molecular weight is 806 g/mol. The molecule has 0 aromatic rings. The van der Waals surface area contributed by atoms with Crippen molar-refractivity contribution in [3.8, 4) is 0 Å². The van der Waals surface area contributed by atoms with Gasteiger partial charge in [0.1, 0.15) is 42.3 Å². The van der Waals surface area contributed by atoms with E-state index in [-0.39, 0.29) is 25.3 Å². The predicted molar refractivity (Wildman–Crippen MR) is 216 cm³/mol. The van der Waals surface area contributed by atoms with Gasteiger partial charge >= 0.3 is 0 Å². The van der Waals surface area contributed by atoms with Gasteiger partial charge < -0.3 is 45.8 Å². The molecule has 2 heterocycles. The minimum atomic E-state index is -1.51. The number of hydrogen-bond acceptors (Lipinski definition) is 9. The molecule has 0 radical (unpaired) electrons. The van der Waals surface area contributed by atoms with Crippen molar-refractivity contribution in [3.05, 3.63) is 12.7 Å². The first kappa shape index (κ1) is 49.1. The first-order chi connectivity index (χ1) is 26.6. The first-order valence-corrected chi connectivity index (χ1v) is 20.6. The zero-order valence-corrected chi connectivity index (χ0v) is 36.3. The molecule has 0 aromatic carbocycles. The zero-order valence-electron chi connectivity index (χ0n) is 36.3. The molecule has 16 heteroatoms. The van der Waals surface area contributed by atoms with Crippen LogP contribution in [0.5, 0.6) is 0 Å². The van der Waals surface area contributed by atoms with E-state index in [1.54, 1.807) is 33.8 Å². The predicted octanol–water partition coefficient (Wildman–Crippen LogP) is 1.04. The number of aliphatic hydroxyl groups is 2. The molecule has 2 fully saturated rings. The van der Waals surface area contributed by atoms with Gasteiger partial charge in [0.25, 0.3) is 0 Å². The number of rotatable bonds is 10. The summed E-state index contributed by atoms with van der Waals surface area (Å²) in [6, 6.07) is -8.69. The number of fused-ring (bicyclic) bond motifs is 1. The molecule has 0 spiro atoms. The van der Waals surface area contributed by atoms with Gasteiger partial charge in [-0.1, -0.05) is 67.4 Å². The molecule has 5 N–H and O–H groups in total. The lowest BCUT2D eigenvalue weighted by atomic mass is 9.92. The van der Waals surface area contributed by atoms with E-state index < -0.39 is 114 Å². The van der Waals surface area contributed by atoms with Crippen LogP contribution in [-0.4, -0.2) is 153 Å². The summed E-state index contributed by atoms with van der Waals surface area (Å²) in [6.07, 6.45) is 1.31. The van der Waals surface area contributed by atoms with Gasteiger partial charge in [-0.25, -0.2) is 0 Å². The van der Waals surface area contributed by atoms with E-state index >= 15 is 0 Å². The molecule has 7 amide bonds. The summed E-state index contributed by atoms with van der Waals surface area (Å²) in [4.78, 5) is 104. The van der Waals surface area contributed by atoms with Crippen LogP contribution in [0.25, 0.3) is 0 Å². The standard InChI is InChI=1S/C41H71N7O9/c1-14-23(6)21-28-40(56)45(11)27(10)39(55)48-20-18-17-19-29(48)35(51)44-31(33(49)22(4)5)36(52)43-30(24(7)15-2)41(57)46(12)26(9)38(54)47(13)32(37(53)42-28)34(50)25(8)16-3/h14,22-34,49-50H,1,15-21H2,2-13H3,(H,42,53)(H,43,52)(H,44,51). The lowest BCUT2D eigenvalue weighted by molar-refractivity contribution is -0.153. The number of nitrogens with zero attached hydrogens (tertiary/aromatic N) is 4. The largest absolute Gasteiger partial charge is 0.390 e. The van der Waals surface area contributed by atoms with Gasteiger partial charge in [0.2, 0.25) is 41.4 Å². The number of nitrogens with one attached hydrogen (secondary N) is 3. The molecule has 324 valence electrons. The molecular weight excluding hydrogens is 734 g/mol. The molecule has 12 unspecified atom stereocenters. The van der Waals surface area contributed by atoms with Gasteiger partial charge in [0.15, 0.2) is 0 Å². The van der Waals surface area contributed by atoms with E-state index in [1.807, 2.05) is 20.8 Å². The van der Waals surface area contributed by atoms with E-state index in [0.29, 0.717) is 25.7 Å². The number of hydrogen-bond donors (Lipinski definition) is 5. The second-order valence-corrected chi connectivity index (χ2v) is 16.7. The maximum absolute atomic E-state index is 14.3. The van der Waals surface area contributed by atoms with E-state index in [4.69, 9.17) is 0 Å². The maximum Gasteiger partial charge on any atom is 0.246 e. The molecule has 16 nitrogen and oxygen atoms in total. The van der Waals surface area contributed by atoms with Crippen LogP contribution in [0.4, 0.5) is 0 Å². The third-order valence-electron chi connectivity index (χ3n) is 12.3. The van der Waals surface area contributed by atoms with E-state index in [9.17, 15) is 43.8 Å². The van der Waals surface area contributed by atoms with Gasteiger partial charge in [-0.05, 0) is 63.2 Å². The summed E-state index contributed by atoms with van der Waals surface area (Å²) in [5.41, 5.74) is 0. The Morgan fingerprint density at radius 1 is 0.702 bits per heavy atom. The highest BCUT2D eigenvalue weighted by Gasteiger charge is 2.44. The van der Waals surface area contributed by atoms with E-state index in [2.05, 4.69) is 22.5 Å². The Labute approximate surface area is 339 Å². The number of amides is 7. The Bertz CT molecular complexity index is 1460. The first-order valence-electron chi connectivity index (χ1n) is 20.6. The summed E-state index contributed by atoms with van der Waals surface area (Å²) in [5, 5.41) is 31.1. The monoisotopic (exact) mass is 806 g/mol. The molecule has 0 saturated carbocycles. The van der Waals surface area contributed by atoms with Crippen LogP contribution in [0.1, 0.15) is 101 Å². The quantitative estimate of drug-likeness (QED) is 0.200. The molecule has 0 aliphatic carbocycles. The Hall–Kier alpha value is -4.05. The number of likely N-dealkylation sites (N-methyl/N-ethyl adjacent to an activating group) is 3. The highest BCUT2D eigenvalue weighted by Crippen LogP contribution is 2.23. The normalized spacial score (nSPS) is 29.7. The second kappa shape index (κ2) is 21.6. The molecule has 0 bridgehead atoms. The van der Waals surface area contributed by atoms with Crippen molar-refractivity contribution in [3.63, 3.8) is 0 Å². The lowest BCUT2D eigenvalue weighted by Crippen LogP contribution is -2.64. The fraction of sp³-hybridized carbons (Fsp3) is 0.780. The van der Waals surface area contributed by atoms with Gasteiger partial charge in [0.05, 0.1) is 12.2 Å². The van der Waals surface area contributed by atoms with Crippen molar-refractivity contribution >= 4 is 41.4 Å². The number of allylic oxidation sites excluding steroid dienone is 1. The number of piperidine rings is 1. The summed E-state index contributed by atoms with van der Waals surface area (Å²) in [6.45, 7) is 19.3. The van der Waals surface area contributed by atoms with Crippen molar-refractivity contribution in [2.45, 2.75) is 155 Å². The summed E-state index contributed by atoms with van der Waals surface area (Å²) in [7, 11) is 4.18. The van der Waals surface area contributed by atoms with Crippen LogP contribution in [0.15, 0.2) is 12.7 Å². The fourth-order valence-electron chi connectivity index (χ4n) is 7.24. The van der Waals surface area contributed by atoms with Crippen LogP contribution in [0.3, 0.4) is 0 Å². The van der Waals surface area contributed by atoms with E-state index in [0.717, 1.165) is 9.80 Å². The van der Waals surface area contributed by atoms with Crippen LogP contribution in [0.2, 0.25) is 0 Å². The molecule has 12 atom stereocenters. The summed E-state index contributed by atoms with van der Waals surface area (Å²) in [5.74, 6) is -6.45. The van der Waals surface area contributed by atoms with Crippen LogP contribution < -0.4 is 16.0 Å². The number of carbonyl (C=O) groups excluding carboxylic acids is 7. The number of aliphatic hydroxyl groups excluding tert-OH is 2. The average Bonchev–Trinajstić information content (AvgIpc) is 3.20. The zero-order chi connectivity index (χ0) is 43.6. The molecule has 2 aliphatic rings. The third-order valence-corrected chi connectivity index (χ3v) is 12.3. The molecule has 57 heavy (non-hydrogen) atoms. The topological polar surface area (TPSA) is 209 Å². The fourth-order valence-corrected chi connectivity index (χ4v) is 7.24. The third kappa shape index (κ3) is 11.8. The smallest absolute Gasteiger partial charge is 0.246 e. The van der Waals surface area contributed by atoms with Crippen LogP contribution >= 0.6 is 0 Å². The number of carbonyl (C=O) groups is 7. The van der Waals surface area contributed by atoms with Crippen molar-refractivity contribution in [2.75, 3.05) is 27.7 Å². The second-order valence-electron chi connectivity index (χ2n) is 16.7. The molecule has 0 aromatic heterocycles. The Balaban J connectivity index is 2.85. The Kier molecular flexibility index (Phi) is 18.6. The SMILES string of the molecule is C=CC(C)CC1NC(=O)C(C(O)C(C)CC)N(C)C(=O)C(C)N(C)C(=O)C(C(C)CC)NC(=O)C(C(O)C(C)C)NC(=O)C2CCCCN2C(=O)C(C)N(C)C1=O. The molecular formula is C41H71N7O9. The minimum absolute atomic E-state index is 0.0864. The maximum atomic E-state index is 14.3. The van der Waals surface area contributed by atoms with Gasteiger partial charge in [-0.2, -0.15) is 0 Å². The highest BCUT2D eigenvalue weighted by atomic mass is 16.3. The minimum Gasteiger partial charge on any atom is -0.390 e. The van der Waals surface area contributed by atoms with Gasteiger partial charge in [0, 0.05) is 27.7 Å². The Morgan fingerprint density at radius 3 is 1.81 bits per heavy atom. The summed E-state index contributed by atoms with van der Waals surface area (Å²) >= 11 is 0. The van der Waals surface area contributed by atoms with Crippen molar-refractivity contribution < 1.29 is 43.8 Å². The molecule has 2 saturated heterocycles. The lowest BCUT2D eigenvalue weighted by Gasteiger charge is -2.40. The van der Waals surface area contributed by atoms with Crippen molar-refractivity contribution in [1.29, 1.82) is 0 Å². The van der Waals surface area contributed by atoms with E-state index in [1.165, 1.54) is 44.8 Å². The Morgan fingerprint density at radius 2 is 1.26 bits per heavy atom. The highest BCUT2D eigenvalue weighted by molar-refractivity contribution is 5.98. The van der Waals surface area contributed by atoms with Crippen LogP contribution in [-0.2, 0) is 33.6 Å².